The number of amides is 2. The number of carbonyl (C=O) groups is 2. The Morgan fingerprint density at radius 1 is 0.828 bits per heavy atom. The highest BCUT2D eigenvalue weighted by Gasteiger charge is 2.35. The van der Waals surface area contributed by atoms with Crippen molar-refractivity contribution in [3.8, 4) is 17.2 Å². The van der Waals surface area contributed by atoms with Crippen molar-refractivity contribution in [2.24, 2.45) is 0 Å². The van der Waals surface area contributed by atoms with Gasteiger partial charge in [-0.2, -0.15) is 0 Å². The second kappa shape index (κ2) is 6.78. The summed E-state index contributed by atoms with van der Waals surface area (Å²) in [6.45, 7) is 4.22. The molecule has 1 heterocycles. The molecule has 1 N–H and O–H groups in total. The van der Waals surface area contributed by atoms with Gasteiger partial charge in [0.05, 0.1) is 11.1 Å². The molecule has 0 bridgehead atoms. The maximum absolute atomic E-state index is 12.4. The Morgan fingerprint density at radius 3 is 2.03 bits per heavy atom. The topological polar surface area (TPSA) is 66.8 Å². The molecule has 2 amide bonds. The van der Waals surface area contributed by atoms with E-state index in [9.17, 15) is 14.7 Å². The normalized spacial score (nSPS) is 13.6. The molecule has 0 spiro atoms. The standard InChI is InChI=1S/C24H21NO4/c1-24(2,15-7-11-17(26)12-8-15)16-9-13-18(14-10-16)29-20-6-4-5-19-21(20)23(28)25(3)22(19)27/h4-14,26H,1-3H3. The third-order valence-electron chi connectivity index (χ3n) is 5.47. The zero-order valence-corrected chi connectivity index (χ0v) is 16.5. The van der Waals surface area contributed by atoms with E-state index in [-0.39, 0.29) is 23.0 Å². The third-order valence-corrected chi connectivity index (χ3v) is 5.47. The minimum Gasteiger partial charge on any atom is -0.508 e. The maximum Gasteiger partial charge on any atom is 0.265 e. The first-order valence-corrected chi connectivity index (χ1v) is 9.32. The van der Waals surface area contributed by atoms with Crippen molar-refractivity contribution in [1.82, 2.24) is 4.90 Å². The van der Waals surface area contributed by atoms with Crippen LogP contribution >= 0.6 is 0 Å². The average Bonchev–Trinajstić information content (AvgIpc) is 2.94. The van der Waals surface area contributed by atoms with E-state index in [0.717, 1.165) is 16.0 Å². The van der Waals surface area contributed by atoms with Crippen LogP contribution in [-0.4, -0.2) is 28.9 Å². The molecule has 3 aromatic carbocycles. The lowest BCUT2D eigenvalue weighted by molar-refractivity contribution is 0.0692. The van der Waals surface area contributed by atoms with Crippen molar-refractivity contribution >= 4 is 11.8 Å². The highest BCUT2D eigenvalue weighted by atomic mass is 16.5. The molecule has 0 saturated carbocycles. The first-order chi connectivity index (χ1) is 13.8. The number of ether oxygens (including phenoxy) is 1. The molecule has 3 aromatic rings. The van der Waals surface area contributed by atoms with Crippen LogP contribution in [0.3, 0.4) is 0 Å². The second-order valence-corrected chi connectivity index (χ2v) is 7.65. The SMILES string of the molecule is CN1C(=O)c2cccc(Oc3ccc(C(C)(C)c4ccc(O)cc4)cc3)c2C1=O. The molecule has 5 nitrogen and oxygen atoms in total. The fourth-order valence-corrected chi connectivity index (χ4v) is 3.57. The maximum atomic E-state index is 12.4. The summed E-state index contributed by atoms with van der Waals surface area (Å²) >= 11 is 0. The van der Waals surface area contributed by atoms with Crippen LogP contribution in [0.5, 0.6) is 17.2 Å². The van der Waals surface area contributed by atoms with Crippen LogP contribution in [0.15, 0.2) is 66.7 Å². The monoisotopic (exact) mass is 387 g/mol. The number of nitrogens with zero attached hydrogens (tertiary/aromatic N) is 1. The summed E-state index contributed by atoms with van der Waals surface area (Å²) in [5.41, 5.74) is 2.57. The van der Waals surface area contributed by atoms with E-state index < -0.39 is 0 Å². The Morgan fingerprint density at radius 2 is 1.41 bits per heavy atom. The molecule has 5 heteroatoms. The third kappa shape index (κ3) is 3.14. The Hall–Kier alpha value is -3.60. The van der Waals surface area contributed by atoms with Gasteiger partial charge in [0, 0.05) is 12.5 Å². The van der Waals surface area contributed by atoms with Crippen molar-refractivity contribution in [3.05, 3.63) is 89.0 Å². The number of carbonyl (C=O) groups excluding carboxylic acids is 2. The summed E-state index contributed by atoms with van der Waals surface area (Å²) in [5.74, 6) is 0.517. The minimum atomic E-state index is -0.356. The molecule has 1 aliphatic heterocycles. The number of hydrogen-bond donors (Lipinski definition) is 1. The molecule has 0 aromatic heterocycles. The molecular weight excluding hydrogens is 366 g/mol. The van der Waals surface area contributed by atoms with E-state index in [1.54, 1.807) is 30.3 Å². The van der Waals surface area contributed by atoms with Crippen molar-refractivity contribution in [3.63, 3.8) is 0 Å². The number of benzene rings is 3. The number of phenols is 1. The van der Waals surface area contributed by atoms with Gasteiger partial charge in [-0.1, -0.05) is 44.2 Å². The van der Waals surface area contributed by atoms with Gasteiger partial charge in [-0.15, -0.1) is 0 Å². The quantitative estimate of drug-likeness (QED) is 0.657. The van der Waals surface area contributed by atoms with Crippen molar-refractivity contribution in [1.29, 1.82) is 0 Å². The number of rotatable bonds is 4. The lowest BCUT2D eigenvalue weighted by Crippen LogP contribution is -2.24. The van der Waals surface area contributed by atoms with Crippen molar-refractivity contribution in [2.75, 3.05) is 7.05 Å². The van der Waals surface area contributed by atoms with Crippen LogP contribution in [0.25, 0.3) is 0 Å². The molecule has 0 saturated heterocycles. The lowest BCUT2D eigenvalue weighted by atomic mass is 9.78. The van der Waals surface area contributed by atoms with Crippen LogP contribution in [0.4, 0.5) is 0 Å². The fourth-order valence-electron chi connectivity index (χ4n) is 3.57. The molecule has 1 aliphatic rings. The zero-order chi connectivity index (χ0) is 20.8. The lowest BCUT2D eigenvalue weighted by Gasteiger charge is -2.26. The Bertz CT molecular complexity index is 1100. The first-order valence-electron chi connectivity index (χ1n) is 9.32. The zero-order valence-electron chi connectivity index (χ0n) is 16.5. The van der Waals surface area contributed by atoms with Gasteiger partial charge in [-0.05, 0) is 47.5 Å². The van der Waals surface area contributed by atoms with Crippen LogP contribution in [0.2, 0.25) is 0 Å². The number of fused-ring (bicyclic) bond motifs is 1. The molecule has 0 atom stereocenters. The predicted octanol–water partition coefficient (Wildman–Crippen LogP) is 4.74. The smallest absolute Gasteiger partial charge is 0.265 e. The van der Waals surface area contributed by atoms with E-state index in [4.69, 9.17) is 4.74 Å². The largest absolute Gasteiger partial charge is 0.508 e. The fraction of sp³-hybridized carbons (Fsp3) is 0.167. The van der Waals surface area contributed by atoms with Crippen LogP contribution in [0, 0.1) is 0 Å². The minimum absolute atomic E-state index is 0.238. The first kappa shape index (κ1) is 18.7. The van der Waals surface area contributed by atoms with Gasteiger partial charge >= 0.3 is 0 Å². The Balaban J connectivity index is 1.61. The molecule has 0 unspecified atom stereocenters. The molecule has 0 aliphatic carbocycles. The van der Waals surface area contributed by atoms with E-state index in [1.165, 1.54) is 7.05 Å². The Labute approximate surface area is 169 Å². The van der Waals surface area contributed by atoms with E-state index in [2.05, 4.69) is 13.8 Å². The molecule has 0 fully saturated rings. The van der Waals surface area contributed by atoms with E-state index >= 15 is 0 Å². The van der Waals surface area contributed by atoms with E-state index in [1.807, 2.05) is 36.4 Å². The number of aromatic hydroxyl groups is 1. The average molecular weight is 387 g/mol. The predicted molar refractivity (Wildman–Crippen MR) is 110 cm³/mol. The Kier molecular flexibility index (Phi) is 4.38. The van der Waals surface area contributed by atoms with Gasteiger partial charge in [0.25, 0.3) is 11.8 Å². The van der Waals surface area contributed by atoms with Crippen LogP contribution in [0.1, 0.15) is 45.7 Å². The number of phenolic OH excluding ortho intramolecular Hbond substituents is 1. The van der Waals surface area contributed by atoms with Crippen LogP contribution in [-0.2, 0) is 5.41 Å². The van der Waals surface area contributed by atoms with Crippen LogP contribution < -0.4 is 4.74 Å². The van der Waals surface area contributed by atoms with Crippen molar-refractivity contribution < 1.29 is 19.4 Å². The molecule has 29 heavy (non-hydrogen) atoms. The molecule has 0 radical (unpaired) electrons. The number of hydrogen-bond acceptors (Lipinski definition) is 4. The van der Waals surface area contributed by atoms with Gasteiger partial charge in [-0.25, -0.2) is 0 Å². The number of imide groups is 1. The van der Waals surface area contributed by atoms with Crippen molar-refractivity contribution in [2.45, 2.75) is 19.3 Å². The summed E-state index contributed by atoms with van der Waals surface area (Å²) in [6.07, 6.45) is 0. The van der Waals surface area contributed by atoms with Gasteiger partial charge < -0.3 is 9.84 Å². The van der Waals surface area contributed by atoms with E-state index in [0.29, 0.717) is 22.6 Å². The summed E-state index contributed by atoms with van der Waals surface area (Å²) < 4.78 is 5.94. The summed E-state index contributed by atoms with van der Waals surface area (Å²) in [5, 5.41) is 9.52. The molecule has 146 valence electrons. The summed E-state index contributed by atoms with van der Waals surface area (Å²) in [4.78, 5) is 25.6. The highest BCUT2D eigenvalue weighted by Crippen LogP contribution is 2.36. The highest BCUT2D eigenvalue weighted by molar-refractivity contribution is 6.22. The van der Waals surface area contributed by atoms with Gasteiger partial charge in [0.2, 0.25) is 0 Å². The molecule has 4 rings (SSSR count). The van der Waals surface area contributed by atoms with Gasteiger partial charge in [0.1, 0.15) is 17.2 Å². The molecular formula is C24H21NO4. The van der Waals surface area contributed by atoms with Gasteiger partial charge in [0.15, 0.2) is 0 Å². The summed E-state index contributed by atoms with van der Waals surface area (Å²) in [6, 6.07) is 19.9. The summed E-state index contributed by atoms with van der Waals surface area (Å²) in [7, 11) is 1.47. The van der Waals surface area contributed by atoms with Gasteiger partial charge in [-0.3, -0.25) is 14.5 Å². The second-order valence-electron chi connectivity index (χ2n) is 7.65.